The van der Waals surface area contributed by atoms with Crippen molar-refractivity contribution in [3.05, 3.63) is 23.4 Å². The molecule has 0 amide bonds. The van der Waals surface area contributed by atoms with E-state index < -0.39 is 0 Å². The van der Waals surface area contributed by atoms with Crippen LogP contribution in [0.25, 0.3) is 0 Å². The Morgan fingerprint density at radius 2 is 2.05 bits per heavy atom. The van der Waals surface area contributed by atoms with Crippen LogP contribution in [0.2, 0.25) is 0 Å². The average Bonchev–Trinajstić information content (AvgIpc) is 2.38. The maximum Gasteiger partial charge on any atom is 0.130 e. The number of pyridine rings is 1. The zero-order valence-corrected chi connectivity index (χ0v) is 13.0. The first-order valence-corrected chi connectivity index (χ1v) is 7.40. The van der Waals surface area contributed by atoms with Gasteiger partial charge in [-0.2, -0.15) is 0 Å². The molecule has 1 aromatic heterocycles. The highest BCUT2D eigenvalue weighted by Gasteiger charge is 2.26. The number of hydrogen-bond donors (Lipinski definition) is 0. The largest absolute Gasteiger partial charge is 0.363 e. The summed E-state index contributed by atoms with van der Waals surface area (Å²) in [4.78, 5) is 9.35. The van der Waals surface area contributed by atoms with Gasteiger partial charge < -0.3 is 4.90 Å². The van der Waals surface area contributed by atoms with Gasteiger partial charge >= 0.3 is 0 Å². The van der Waals surface area contributed by atoms with Gasteiger partial charge in [-0.1, -0.05) is 6.42 Å². The van der Waals surface area contributed by atoms with E-state index in [0.717, 1.165) is 5.82 Å². The average molecular weight is 261 g/mol. The molecule has 2 rings (SSSR count). The molecule has 0 spiro atoms. The Morgan fingerprint density at radius 1 is 1.32 bits per heavy atom. The lowest BCUT2D eigenvalue weighted by atomic mass is 9.94. The molecular weight excluding hydrogens is 234 g/mol. The number of hydrogen-bond acceptors (Lipinski definition) is 3. The Hall–Kier alpha value is -1.09. The van der Waals surface area contributed by atoms with Crippen LogP contribution in [0.15, 0.2) is 12.3 Å². The lowest BCUT2D eigenvalue weighted by Crippen LogP contribution is -2.38. The molecule has 19 heavy (non-hydrogen) atoms. The molecule has 1 atom stereocenters. The van der Waals surface area contributed by atoms with Crippen LogP contribution in [0.4, 0.5) is 5.82 Å². The van der Waals surface area contributed by atoms with Crippen molar-refractivity contribution in [1.29, 1.82) is 0 Å². The highest BCUT2D eigenvalue weighted by molar-refractivity contribution is 5.46. The first kappa shape index (κ1) is 14.3. The first-order chi connectivity index (χ1) is 9.00. The highest BCUT2D eigenvalue weighted by atomic mass is 15.2. The lowest BCUT2D eigenvalue weighted by Gasteiger charge is -2.39. The molecule has 1 aliphatic rings. The number of likely N-dealkylation sites (tertiary alicyclic amines) is 1. The number of aryl methyl sites for hydroxylation is 1. The summed E-state index contributed by atoms with van der Waals surface area (Å²) in [7, 11) is 4.10. The van der Waals surface area contributed by atoms with E-state index in [4.69, 9.17) is 0 Å². The molecule has 3 heteroatoms. The van der Waals surface area contributed by atoms with Crippen molar-refractivity contribution in [3.63, 3.8) is 0 Å². The van der Waals surface area contributed by atoms with Gasteiger partial charge in [0.2, 0.25) is 0 Å². The van der Waals surface area contributed by atoms with Crippen LogP contribution in [0, 0.1) is 6.92 Å². The predicted octanol–water partition coefficient (Wildman–Crippen LogP) is 3.39. The topological polar surface area (TPSA) is 19.4 Å². The van der Waals surface area contributed by atoms with Crippen molar-refractivity contribution < 1.29 is 0 Å². The zero-order valence-electron chi connectivity index (χ0n) is 13.0. The van der Waals surface area contributed by atoms with E-state index in [9.17, 15) is 0 Å². The Labute approximate surface area is 117 Å². The van der Waals surface area contributed by atoms with Crippen LogP contribution in [0.3, 0.4) is 0 Å². The fourth-order valence-electron chi connectivity index (χ4n) is 3.17. The number of nitrogens with zero attached hydrogens (tertiary/aromatic N) is 3. The maximum atomic E-state index is 4.65. The third-order valence-corrected chi connectivity index (χ3v) is 4.09. The fraction of sp³-hybridized carbons (Fsp3) is 0.688. The van der Waals surface area contributed by atoms with E-state index in [1.54, 1.807) is 0 Å². The van der Waals surface area contributed by atoms with Crippen molar-refractivity contribution in [2.75, 3.05) is 25.5 Å². The van der Waals surface area contributed by atoms with E-state index in [-0.39, 0.29) is 0 Å². The second-order valence-corrected chi connectivity index (χ2v) is 6.15. The molecule has 0 bridgehead atoms. The molecule has 0 N–H and O–H groups in total. The quantitative estimate of drug-likeness (QED) is 0.831. The summed E-state index contributed by atoms with van der Waals surface area (Å²) in [6, 6.07) is 3.49. The van der Waals surface area contributed by atoms with Crippen molar-refractivity contribution in [1.82, 2.24) is 9.88 Å². The lowest BCUT2D eigenvalue weighted by molar-refractivity contribution is 0.112. The van der Waals surface area contributed by atoms with Crippen LogP contribution in [-0.4, -0.2) is 36.6 Å². The van der Waals surface area contributed by atoms with Crippen LogP contribution in [0.5, 0.6) is 0 Å². The van der Waals surface area contributed by atoms with Crippen molar-refractivity contribution in [2.24, 2.45) is 0 Å². The number of rotatable bonds is 3. The zero-order chi connectivity index (χ0) is 14.0. The van der Waals surface area contributed by atoms with Crippen molar-refractivity contribution in [2.45, 2.75) is 52.1 Å². The smallest absolute Gasteiger partial charge is 0.130 e. The summed E-state index contributed by atoms with van der Waals surface area (Å²) in [6.45, 7) is 7.98. The normalized spacial score (nSPS) is 20.8. The molecule has 1 fully saturated rings. The molecule has 2 heterocycles. The summed E-state index contributed by atoms with van der Waals surface area (Å²) in [6.07, 6.45) is 6.01. The molecule has 106 valence electrons. The SMILES string of the molecule is Cc1cc([C@H]2CCCCN2C(C)C)cnc1N(C)C. The molecule has 0 unspecified atom stereocenters. The Balaban J connectivity index is 2.27. The van der Waals surface area contributed by atoms with Crippen molar-refractivity contribution in [3.8, 4) is 0 Å². The minimum atomic E-state index is 0.552. The van der Waals surface area contributed by atoms with Gasteiger partial charge in [0.05, 0.1) is 0 Å². The van der Waals surface area contributed by atoms with Crippen LogP contribution < -0.4 is 4.90 Å². The minimum Gasteiger partial charge on any atom is -0.363 e. The fourth-order valence-corrected chi connectivity index (χ4v) is 3.17. The Kier molecular flexibility index (Phi) is 4.46. The predicted molar refractivity (Wildman–Crippen MR) is 81.7 cm³/mol. The van der Waals surface area contributed by atoms with Gasteiger partial charge in [-0.3, -0.25) is 4.90 Å². The van der Waals surface area contributed by atoms with Crippen LogP contribution in [0.1, 0.15) is 50.3 Å². The van der Waals surface area contributed by atoms with E-state index in [2.05, 4.69) is 61.9 Å². The Morgan fingerprint density at radius 3 is 2.63 bits per heavy atom. The van der Waals surface area contributed by atoms with E-state index in [1.165, 1.54) is 36.9 Å². The van der Waals surface area contributed by atoms with Gasteiger partial charge in [0.1, 0.15) is 5.82 Å². The first-order valence-electron chi connectivity index (χ1n) is 7.40. The summed E-state index contributed by atoms with van der Waals surface area (Å²) in [5, 5.41) is 0. The van der Waals surface area contributed by atoms with Gasteiger partial charge in [-0.15, -0.1) is 0 Å². The van der Waals surface area contributed by atoms with Crippen molar-refractivity contribution >= 4 is 5.82 Å². The summed E-state index contributed by atoms with van der Waals surface area (Å²) < 4.78 is 0. The molecule has 1 saturated heterocycles. The van der Waals surface area contributed by atoms with E-state index in [1.807, 2.05) is 0 Å². The number of anilines is 1. The second-order valence-electron chi connectivity index (χ2n) is 6.15. The molecule has 3 nitrogen and oxygen atoms in total. The molecule has 1 aromatic rings. The van der Waals surface area contributed by atoms with Gasteiger partial charge in [0, 0.05) is 32.4 Å². The van der Waals surface area contributed by atoms with Gasteiger partial charge in [0.15, 0.2) is 0 Å². The summed E-state index contributed by atoms with van der Waals surface area (Å²) >= 11 is 0. The van der Waals surface area contributed by atoms with Gasteiger partial charge in [-0.25, -0.2) is 4.98 Å². The summed E-state index contributed by atoms with van der Waals surface area (Å²) in [5.41, 5.74) is 2.66. The second kappa shape index (κ2) is 5.91. The third-order valence-electron chi connectivity index (χ3n) is 4.09. The van der Waals surface area contributed by atoms with Crippen LogP contribution >= 0.6 is 0 Å². The van der Waals surface area contributed by atoms with E-state index in [0.29, 0.717) is 12.1 Å². The molecule has 0 saturated carbocycles. The molecule has 1 aliphatic heterocycles. The molecule has 0 aromatic carbocycles. The summed E-state index contributed by atoms with van der Waals surface area (Å²) in [5.74, 6) is 1.08. The standard InChI is InChI=1S/C16H27N3/c1-12(2)19-9-7-6-8-15(19)14-10-13(3)16(17-11-14)18(4)5/h10-12,15H,6-9H2,1-5H3/t15-/m1/s1. The minimum absolute atomic E-state index is 0.552. The third kappa shape index (κ3) is 3.08. The maximum absolute atomic E-state index is 4.65. The van der Waals surface area contributed by atoms with Gasteiger partial charge in [-0.05, 0) is 57.4 Å². The monoisotopic (exact) mass is 261 g/mol. The van der Waals surface area contributed by atoms with Gasteiger partial charge in [0.25, 0.3) is 0 Å². The number of aromatic nitrogens is 1. The van der Waals surface area contributed by atoms with E-state index >= 15 is 0 Å². The molecule has 0 aliphatic carbocycles. The molecule has 0 radical (unpaired) electrons. The molecular formula is C16H27N3. The van der Waals surface area contributed by atoms with Crippen LogP contribution in [-0.2, 0) is 0 Å². The number of piperidine rings is 1. The highest BCUT2D eigenvalue weighted by Crippen LogP contribution is 2.33. The Bertz CT molecular complexity index is 426.